The summed E-state index contributed by atoms with van der Waals surface area (Å²) in [6.07, 6.45) is 1.41. The molecule has 2 atom stereocenters. The van der Waals surface area contributed by atoms with Gasteiger partial charge in [-0.3, -0.25) is 4.57 Å². The van der Waals surface area contributed by atoms with Gasteiger partial charge in [0.15, 0.2) is 12.5 Å². The van der Waals surface area contributed by atoms with E-state index in [0.29, 0.717) is 23.8 Å². The summed E-state index contributed by atoms with van der Waals surface area (Å²) in [6.45, 7) is 2.02. The molecule has 8 heteroatoms. The molecule has 146 valence electrons. The number of aliphatic hydroxyl groups is 1. The van der Waals surface area contributed by atoms with E-state index in [2.05, 4.69) is 5.10 Å². The quantitative estimate of drug-likeness (QED) is 0.658. The fraction of sp³-hybridized carbons (Fsp3) is 0.300. The Morgan fingerprint density at radius 2 is 1.96 bits per heavy atom. The van der Waals surface area contributed by atoms with Crippen LogP contribution in [0.3, 0.4) is 0 Å². The number of nitrogens with zero attached hydrogens (tertiary/aromatic N) is 3. The van der Waals surface area contributed by atoms with E-state index in [0.717, 1.165) is 31.0 Å². The number of quaternary nitrogens is 1. The Kier molecular flexibility index (Phi) is 5.34. The summed E-state index contributed by atoms with van der Waals surface area (Å²) in [5, 5.41) is 14.6. The number of hydrogen-bond acceptors (Lipinski definition) is 3. The molecular formula is C20H21F2N4OS+. The first-order chi connectivity index (χ1) is 13.5. The zero-order valence-electron chi connectivity index (χ0n) is 15.2. The van der Waals surface area contributed by atoms with Crippen molar-refractivity contribution >= 4 is 12.2 Å². The van der Waals surface area contributed by atoms with E-state index in [9.17, 15) is 13.9 Å². The Morgan fingerprint density at radius 1 is 1.18 bits per heavy atom. The van der Waals surface area contributed by atoms with Crippen LogP contribution in [0.25, 0.3) is 17.1 Å². The van der Waals surface area contributed by atoms with Gasteiger partial charge in [0.2, 0.25) is 4.77 Å². The van der Waals surface area contributed by atoms with Crippen LogP contribution in [-0.2, 0) is 6.67 Å². The van der Waals surface area contributed by atoms with Crippen molar-refractivity contribution in [2.24, 2.45) is 0 Å². The Labute approximate surface area is 166 Å². The minimum Gasteiger partial charge on any atom is -0.387 e. The molecule has 0 radical (unpaired) electrons. The summed E-state index contributed by atoms with van der Waals surface area (Å²) in [7, 11) is 0. The lowest BCUT2D eigenvalue weighted by Gasteiger charge is -2.26. The predicted octanol–water partition coefficient (Wildman–Crippen LogP) is 2.35. The van der Waals surface area contributed by atoms with E-state index in [1.54, 1.807) is 9.25 Å². The van der Waals surface area contributed by atoms with Gasteiger partial charge in [0, 0.05) is 11.6 Å². The van der Waals surface area contributed by atoms with Gasteiger partial charge >= 0.3 is 0 Å². The number of halogens is 2. The van der Waals surface area contributed by atoms with Crippen LogP contribution in [0.15, 0.2) is 48.5 Å². The van der Waals surface area contributed by atoms with Crippen molar-refractivity contribution in [2.75, 3.05) is 13.1 Å². The zero-order chi connectivity index (χ0) is 19.7. The van der Waals surface area contributed by atoms with Crippen LogP contribution in [-0.4, -0.2) is 38.6 Å². The van der Waals surface area contributed by atoms with Crippen molar-refractivity contribution in [3.63, 3.8) is 0 Å². The van der Waals surface area contributed by atoms with Crippen LogP contribution in [0.2, 0.25) is 0 Å². The van der Waals surface area contributed by atoms with E-state index >= 15 is 0 Å². The molecule has 1 aliphatic rings. The average Bonchev–Trinajstić information content (AvgIpc) is 2.99. The summed E-state index contributed by atoms with van der Waals surface area (Å²) < 4.78 is 31.5. The summed E-state index contributed by atoms with van der Waals surface area (Å²) in [5.74, 6) is -0.852. The lowest BCUT2D eigenvalue weighted by Crippen LogP contribution is -3.13. The maximum atomic E-state index is 14.5. The Balaban J connectivity index is 1.81. The van der Waals surface area contributed by atoms with Crippen molar-refractivity contribution in [3.8, 4) is 17.1 Å². The maximum absolute atomic E-state index is 14.5. The Bertz CT molecular complexity index is 1030. The molecule has 1 aromatic heterocycles. The minimum atomic E-state index is -0.700. The Morgan fingerprint density at radius 3 is 2.68 bits per heavy atom. The van der Waals surface area contributed by atoms with Gasteiger partial charge in [0.1, 0.15) is 24.3 Å². The van der Waals surface area contributed by atoms with Crippen LogP contribution in [0, 0.1) is 16.4 Å². The van der Waals surface area contributed by atoms with Crippen molar-refractivity contribution in [2.45, 2.75) is 25.6 Å². The summed E-state index contributed by atoms with van der Waals surface area (Å²) >= 11 is 5.61. The number of piperidine rings is 1. The molecule has 1 fully saturated rings. The molecule has 1 aliphatic heterocycles. The molecule has 0 spiro atoms. The number of aliphatic hydroxyl groups excluding tert-OH is 1. The molecule has 28 heavy (non-hydrogen) atoms. The number of aromatic nitrogens is 3. The van der Waals surface area contributed by atoms with Gasteiger partial charge in [-0.1, -0.05) is 30.3 Å². The third-order valence-corrected chi connectivity index (χ3v) is 5.38. The standard InChI is InChI=1S/C20H20F2N4OS/c21-15-8-9-18(17(22)11-15)26-19(14-5-2-1-3-6-14)23-25(20(26)28)13-24-10-4-7-16(27)12-24/h1-3,5-6,8-9,11,16,27H,4,7,10,12-13H2/p+1/t16-/m0/s1. The minimum absolute atomic E-state index is 0.158. The van der Waals surface area contributed by atoms with Crippen molar-refractivity contribution < 1.29 is 18.8 Å². The van der Waals surface area contributed by atoms with Gasteiger partial charge in [0.05, 0.1) is 12.2 Å². The highest BCUT2D eigenvalue weighted by atomic mass is 32.1. The first-order valence-electron chi connectivity index (χ1n) is 9.25. The highest BCUT2D eigenvalue weighted by molar-refractivity contribution is 7.71. The molecule has 5 nitrogen and oxygen atoms in total. The van der Waals surface area contributed by atoms with Crippen LogP contribution < -0.4 is 4.90 Å². The van der Waals surface area contributed by atoms with E-state index < -0.39 is 11.6 Å². The highest BCUT2D eigenvalue weighted by Crippen LogP contribution is 2.24. The molecule has 0 amide bonds. The number of benzene rings is 2. The van der Waals surface area contributed by atoms with Crippen LogP contribution in [0.1, 0.15) is 12.8 Å². The average molecular weight is 403 g/mol. The molecule has 0 saturated carbocycles. The molecule has 2 aromatic carbocycles. The number of rotatable bonds is 4. The number of likely N-dealkylation sites (tertiary alicyclic amines) is 1. The first kappa shape index (κ1) is 18.9. The van der Waals surface area contributed by atoms with E-state index in [1.807, 2.05) is 30.3 Å². The van der Waals surface area contributed by atoms with E-state index in [4.69, 9.17) is 12.2 Å². The zero-order valence-corrected chi connectivity index (χ0v) is 16.0. The second-order valence-electron chi connectivity index (χ2n) is 7.06. The van der Waals surface area contributed by atoms with E-state index in [-0.39, 0.29) is 11.8 Å². The topological polar surface area (TPSA) is 47.4 Å². The molecule has 3 aromatic rings. The van der Waals surface area contributed by atoms with Gasteiger partial charge in [-0.2, -0.15) is 4.68 Å². The number of nitrogens with one attached hydrogen (secondary N) is 1. The third kappa shape index (κ3) is 3.76. The van der Waals surface area contributed by atoms with Crippen molar-refractivity contribution in [3.05, 3.63) is 64.9 Å². The second kappa shape index (κ2) is 7.90. The third-order valence-electron chi connectivity index (χ3n) is 4.99. The largest absolute Gasteiger partial charge is 0.387 e. The van der Waals surface area contributed by atoms with E-state index in [1.165, 1.54) is 17.0 Å². The van der Waals surface area contributed by atoms with Crippen molar-refractivity contribution in [1.29, 1.82) is 0 Å². The molecular weight excluding hydrogens is 382 g/mol. The van der Waals surface area contributed by atoms with Gasteiger partial charge in [0.25, 0.3) is 0 Å². The molecule has 0 aliphatic carbocycles. The normalized spacial score (nSPS) is 19.7. The highest BCUT2D eigenvalue weighted by Gasteiger charge is 2.24. The first-order valence-corrected chi connectivity index (χ1v) is 9.66. The fourth-order valence-corrected chi connectivity index (χ4v) is 3.94. The molecule has 4 rings (SSSR count). The lowest BCUT2D eigenvalue weighted by atomic mass is 10.1. The molecule has 1 saturated heterocycles. The Hall–Kier alpha value is -2.42. The smallest absolute Gasteiger partial charge is 0.207 e. The van der Waals surface area contributed by atoms with Gasteiger partial charge in [-0.15, -0.1) is 5.10 Å². The summed E-state index contributed by atoms with van der Waals surface area (Å²) in [5.41, 5.74) is 0.940. The lowest BCUT2D eigenvalue weighted by molar-refractivity contribution is -0.931. The van der Waals surface area contributed by atoms with Crippen LogP contribution >= 0.6 is 12.2 Å². The fourth-order valence-electron chi connectivity index (χ4n) is 3.65. The molecule has 2 N–H and O–H groups in total. The van der Waals surface area contributed by atoms with Gasteiger partial charge in [-0.25, -0.2) is 8.78 Å². The second-order valence-corrected chi connectivity index (χ2v) is 7.43. The predicted molar refractivity (Wildman–Crippen MR) is 104 cm³/mol. The molecule has 2 heterocycles. The van der Waals surface area contributed by atoms with Crippen LogP contribution in [0.4, 0.5) is 8.78 Å². The van der Waals surface area contributed by atoms with Gasteiger partial charge in [-0.05, 0) is 37.2 Å². The molecule has 1 unspecified atom stereocenters. The number of hydrogen-bond donors (Lipinski definition) is 2. The monoisotopic (exact) mass is 403 g/mol. The maximum Gasteiger partial charge on any atom is 0.207 e. The SMILES string of the molecule is O[C@H]1CCC[NH+](Cn2nc(-c3ccccc3)n(-c3ccc(F)cc3F)c2=S)C1. The summed E-state index contributed by atoms with van der Waals surface area (Å²) in [4.78, 5) is 1.17. The molecule has 0 bridgehead atoms. The van der Waals surface area contributed by atoms with Crippen molar-refractivity contribution in [1.82, 2.24) is 14.3 Å². The summed E-state index contributed by atoms with van der Waals surface area (Å²) in [6, 6.07) is 12.8. The van der Waals surface area contributed by atoms with Crippen LogP contribution in [0.5, 0.6) is 0 Å². The van der Waals surface area contributed by atoms with Gasteiger partial charge < -0.3 is 10.0 Å².